The molecule has 0 rings (SSSR count). The predicted octanol–water partition coefficient (Wildman–Crippen LogP) is -0.804. The second-order valence-corrected chi connectivity index (χ2v) is 3.16. The van der Waals surface area contributed by atoms with Crippen molar-refractivity contribution in [3.8, 4) is 0 Å². The largest absolute Gasteiger partial charge is 0.279 e. The molecule has 0 aromatic heterocycles. The maximum atomic E-state index is 10.1. The number of alkyl halides is 1. The average molecular weight is 202 g/mol. The Morgan fingerprint density at radius 3 is 2.00 bits per heavy atom. The van der Waals surface area contributed by atoms with Gasteiger partial charge in [-0.2, -0.15) is 0 Å². The molecule has 8 heavy (non-hydrogen) atoms. The van der Waals surface area contributed by atoms with Gasteiger partial charge in [0.2, 0.25) is 0 Å². The minimum Gasteiger partial charge on any atom is -0.279 e. The molecule has 48 valence electrons. The fourth-order valence-corrected chi connectivity index (χ4v) is 1.19. The van der Waals surface area contributed by atoms with Crippen LogP contribution in [-0.4, -0.2) is 18.9 Å². The van der Waals surface area contributed by atoms with Gasteiger partial charge in [-0.15, -0.1) is 0 Å². The van der Waals surface area contributed by atoms with Crippen LogP contribution in [-0.2, 0) is 14.8 Å². The topological polar surface area (TPSA) is 77.2 Å². The van der Waals surface area contributed by atoms with E-state index in [0.29, 0.717) is 0 Å². The van der Waals surface area contributed by atoms with E-state index in [0.717, 1.165) is 0 Å². The zero-order valence-corrected chi connectivity index (χ0v) is 6.20. The summed E-state index contributed by atoms with van der Waals surface area (Å²) in [7, 11) is -3.94. The van der Waals surface area contributed by atoms with Gasteiger partial charge >= 0.3 is 0 Å². The molecule has 4 nitrogen and oxygen atoms in total. The Kier molecular flexibility index (Phi) is 2.58. The van der Waals surface area contributed by atoms with E-state index >= 15 is 0 Å². The third-order valence-corrected chi connectivity index (χ3v) is 2.09. The van der Waals surface area contributed by atoms with Crippen molar-refractivity contribution in [3.05, 3.63) is 0 Å². The Bertz CT molecular complexity index is 183. The number of hydrogen-bond donors (Lipinski definition) is 1. The number of hydrogen-bond acceptors (Lipinski definition) is 3. The third kappa shape index (κ3) is 2.39. The molecule has 0 aliphatic heterocycles. The van der Waals surface area contributed by atoms with Crippen LogP contribution in [0.2, 0.25) is 0 Å². The quantitative estimate of drug-likeness (QED) is 0.565. The van der Waals surface area contributed by atoms with Gasteiger partial charge in [0.05, 0.1) is 5.33 Å². The lowest BCUT2D eigenvalue weighted by Crippen LogP contribution is -2.23. The van der Waals surface area contributed by atoms with Gasteiger partial charge in [0.25, 0.3) is 15.1 Å². The first-order chi connectivity index (χ1) is 3.48. The summed E-state index contributed by atoms with van der Waals surface area (Å²) >= 11 is 2.64. The molecule has 0 fully saturated rings. The number of sulfonamides is 1. The summed E-state index contributed by atoms with van der Waals surface area (Å²) in [5.41, 5.74) is 0. The van der Waals surface area contributed by atoms with Crippen LogP contribution in [0.25, 0.3) is 0 Å². The van der Waals surface area contributed by atoms with E-state index in [2.05, 4.69) is 21.1 Å². The zero-order valence-electron chi connectivity index (χ0n) is 3.80. The van der Waals surface area contributed by atoms with Gasteiger partial charge in [-0.05, 0) is 0 Å². The molecule has 0 heterocycles. The lowest BCUT2D eigenvalue weighted by atomic mass is 10.9. The van der Waals surface area contributed by atoms with Crippen molar-refractivity contribution in [1.82, 2.24) is 0 Å². The van der Waals surface area contributed by atoms with Crippen LogP contribution in [0.5, 0.6) is 0 Å². The molecule has 0 amide bonds. The van der Waals surface area contributed by atoms with Crippen molar-refractivity contribution < 1.29 is 13.2 Å². The van der Waals surface area contributed by atoms with Crippen molar-refractivity contribution in [2.45, 2.75) is 0 Å². The van der Waals surface area contributed by atoms with E-state index in [1.165, 1.54) is 0 Å². The van der Waals surface area contributed by atoms with Gasteiger partial charge in [0.15, 0.2) is 0 Å². The van der Waals surface area contributed by atoms with E-state index in [4.69, 9.17) is 0 Å². The Morgan fingerprint density at radius 2 is 2.00 bits per heavy atom. The molecule has 0 aromatic rings. The number of carbonyl (C=O) groups is 1. The highest BCUT2D eigenvalue weighted by atomic mass is 79.9. The van der Waals surface area contributed by atoms with Gasteiger partial charge in [0.1, 0.15) is 0 Å². The number of halogens is 1. The van der Waals surface area contributed by atoms with Crippen LogP contribution < -0.4 is 5.14 Å². The van der Waals surface area contributed by atoms with Crippen LogP contribution in [0.1, 0.15) is 0 Å². The highest BCUT2D eigenvalue weighted by Gasteiger charge is 2.12. The van der Waals surface area contributed by atoms with Crippen LogP contribution in [0.15, 0.2) is 0 Å². The monoisotopic (exact) mass is 201 g/mol. The number of rotatable bonds is 1. The summed E-state index contributed by atoms with van der Waals surface area (Å²) < 4.78 is 19.9. The molecule has 0 unspecified atom stereocenters. The average Bonchev–Trinajstić information content (AvgIpc) is 1.62. The number of carbonyl (C=O) groups excluding carboxylic acids is 1. The first-order valence-electron chi connectivity index (χ1n) is 1.60. The normalized spacial score (nSPS) is 11.2. The molecule has 0 bridgehead atoms. The minimum absolute atomic E-state index is 0.244. The molecular formula is C2H4BrNO3S. The molecular weight excluding hydrogens is 198 g/mol. The van der Waals surface area contributed by atoms with Gasteiger partial charge < -0.3 is 0 Å². The van der Waals surface area contributed by atoms with Gasteiger partial charge in [-0.3, -0.25) is 4.79 Å². The third-order valence-electron chi connectivity index (χ3n) is 0.426. The highest BCUT2D eigenvalue weighted by molar-refractivity contribution is 9.09. The number of primary sulfonamides is 1. The second-order valence-electron chi connectivity index (χ2n) is 1.05. The molecule has 0 radical (unpaired) electrons. The zero-order chi connectivity index (χ0) is 6.78. The van der Waals surface area contributed by atoms with Crippen LogP contribution >= 0.6 is 15.9 Å². The van der Waals surface area contributed by atoms with Gasteiger partial charge in [-0.1, -0.05) is 15.9 Å². The Morgan fingerprint density at radius 1 is 1.62 bits per heavy atom. The molecule has 0 saturated carbocycles. The van der Waals surface area contributed by atoms with Crippen molar-refractivity contribution in [1.29, 1.82) is 0 Å². The van der Waals surface area contributed by atoms with Crippen molar-refractivity contribution in [2.75, 3.05) is 5.33 Å². The van der Waals surface area contributed by atoms with E-state index < -0.39 is 15.1 Å². The molecule has 0 saturated heterocycles. The van der Waals surface area contributed by atoms with Crippen molar-refractivity contribution in [3.63, 3.8) is 0 Å². The van der Waals surface area contributed by atoms with Gasteiger partial charge in [-0.25, -0.2) is 13.6 Å². The molecule has 0 aliphatic rings. The minimum atomic E-state index is -3.94. The predicted molar refractivity (Wildman–Crippen MR) is 31.9 cm³/mol. The van der Waals surface area contributed by atoms with E-state index in [1.54, 1.807) is 0 Å². The molecule has 0 aromatic carbocycles. The molecule has 6 heteroatoms. The molecule has 0 spiro atoms. The lowest BCUT2D eigenvalue weighted by Gasteiger charge is -1.86. The summed E-state index contributed by atoms with van der Waals surface area (Å²) in [6.45, 7) is 0. The van der Waals surface area contributed by atoms with Crippen molar-refractivity contribution in [2.24, 2.45) is 5.14 Å². The van der Waals surface area contributed by atoms with Crippen LogP contribution in [0.4, 0.5) is 0 Å². The maximum Gasteiger partial charge on any atom is 0.272 e. The Labute approximate surface area is 55.2 Å². The lowest BCUT2D eigenvalue weighted by molar-refractivity contribution is -0.109. The summed E-state index contributed by atoms with van der Waals surface area (Å²) in [4.78, 5) is 10.1. The summed E-state index contributed by atoms with van der Waals surface area (Å²) in [6.07, 6.45) is 0. The molecule has 0 aliphatic carbocycles. The summed E-state index contributed by atoms with van der Waals surface area (Å²) in [6, 6.07) is 0. The Hall–Kier alpha value is 0.0600. The maximum absolute atomic E-state index is 10.1. The Balaban J connectivity index is 4.29. The fraction of sp³-hybridized carbons (Fsp3) is 0.500. The van der Waals surface area contributed by atoms with Gasteiger partial charge in [0, 0.05) is 0 Å². The highest BCUT2D eigenvalue weighted by Crippen LogP contribution is 1.86. The van der Waals surface area contributed by atoms with Crippen LogP contribution in [0.3, 0.4) is 0 Å². The standard InChI is InChI=1S/C2H4BrNO3S/c3-1-2(5)8(4,6)7/h1H2,(H2,4,6,7). The smallest absolute Gasteiger partial charge is 0.272 e. The summed E-state index contributed by atoms with van der Waals surface area (Å²) in [5, 5.41) is 3.14. The molecule has 0 atom stereocenters. The van der Waals surface area contributed by atoms with Crippen LogP contribution in [0, 0.1) is 0 Å². The fourth-order valence-electron chi connectivity index (χ4n) is 0.0760. The van der Waals surface area contributed by atoms with E-state index in [-0.39, 0.29) is 5.33 Å². The number of nitrogens with two attached hydrogens (primary N) is 1. The van der Waals surface area contributed by atoms with E-state index in [9.17, 15) is 13.2 Å². The summed E-state index contributed by atoms with van der Waals surface area (Å²) in [5.74, 6) is 0. The first-order valence-corrected chi connectivity index (χ1v) is 4.27. The second kappa shape index (κ2) is 2.56. The van der Waals surface area contributed by atoms with Crippen molar-refractivity contribution >= 4 is 31.1 Å². The molecule has 2 N–H and O–H groups in total. The van der Waals surface area contributed by atoms with E-state index in [1.807, 2.05) is 0 Å². The SMILES string of the molecule is NS(=O)(=O)C(=O)CBr. The first kappa shape index (κ1) is 8.06.